The summed E-state index contributed by atoms with van der Waals surface area (Å²) < 4.78 is 1.86. The Morgan fingerprint density at radius 3 is 2.62 bits per heavy atom. The standard InChI is InChI=1S/C11H18N4O/c1-11(2,15-8-5-13-9-15)10(16)14-6-3-12-4-7-14/h5,8-9,12H,3-4,6-7H2,1-2H3. The lowest BCUT2D eigenvalue weighted by Gasteiger charge is -2.35. The lowest BCUT2D eigenvalue weighted by molar-refractivity contribution is -0.139. The Labute approximate surface area is 95.5 Å². The highest BCUT2D eigenvalue weighted by molar-refractivity contribution is 5.83. The zero-order valence-electron chi connectivity index (χ0n) is 9.81. The minimum Gasteiger partial charge on any atom is -0.338 e. The van der Waals surface area contributed by atoms with Crippen molar-refractivity contribution in [2.75, 3.05) is 26.2 Å². The van der Waals surface area contributed by atoms with Crippen LogP contribution >= 0.6 is 0 Å². The van der Waals surface area contributed by atoms with Crippen LogP contribution < -0.4 is 5.32 Å². The monoisotopic (exact) mass is 222 g/mol. The maximum Gasteiger partial charge on any atom is 0.248 e. The fraction of sp³-hybridized carbons (Fsp3) is 0.636. The van der Waals surface area contributed by atoms with Gasteiger partial charge in [-0.05, 0) is 13.8 Å². The Morgan fingerprint density at radius 2 is 2.06 bits per heavy atom. The minimum absolute atomic E-state index is 0.159. The molecule has 1 N–H and O–H groups in total. The van der Waals surface area contributed by atoms with Gasteiger partial charge in [-0.3, -0.25) is 4.79 Å². The Kier molecular flexibility index (Phi) is 2.96. The highest BCUT2D eigenvalue weighted by Gasteiger charge is 2.33. The molecular formula is C11H18N4O. The number of nitrogens with one attached hydrogen (secondary N) is 1. The molecule has 0 aliphatic carbocycles. The molecule has 0 bridgehead atoms. The maximum absolute atomic E-state index is 12.4. The topological polar surface area (TPSA) is 50.2 Å². The van der Waals surface area contributed by atoms with Crippen molar-refractivity contribution < 1.29 is 4.79 Å². The number of aromatic nitrogens is 2. The van der Waals surface area contributed by atoms with Gasteiger partial charge in [-0.25, -0.2) is 4.98 Å². The highest BCUT2D eigenvalue weighted by Crippen LogP contribution is 2.18. The number of amides is 1. The average molecular weight is 222 g/mol. The number of carbonyl (C=O) groups is 1. The highest BCUT2D eigenvalue weighted by atomic mass is 16.2. The third-order valence-electron chi connectivity index (χ3n) is 3.08. The van der Waals surface area contributed by atoms with Gasteiger partial charge in [-0.1, -0.05) is 0 Å². The summed E-state index contributed by atoms with van der Waals surface area (Å²) in [7, 11) is 0. The van der Waals surface area contributed by atoms with Crippen LogP contribution in [0, 0.1) is 0 Å². The van der Waals surface area contributed by atoms with Crippen LogP contribution in [0.4, 0.5) is 0 Å². The molecule has 1 fully saturated rings. The molecule has 0 saturated carbocycles. The Bertz CT molecular complexity index is 352. The summed E-state index contributed by atoms with van der Waals surface area (Å²) >= 11 is 0. The van der Waals surface area contributed by atoms with Crippen molar-refractivity contribution in [1.82, 2.24) is 19.8 Å². The zero-order valence-corrected chi connectivity index (χ0v) is 9.81. The predicted octanol–water partition coefficient (Wildman–Crippen LogP) is 0.0500. The van der Waals surface area contributed by atoms with Gasteiger partial charge in [-0.15, -0.1) is 0 Å². The van der Waals surface area contributed by atoms with Crippen LogP contribution in [0.5, 0.6) is 0 Å². The van der Waals surface area contributed by atoms with Crippen molar-refractivity contribution in [2.45, 2.75) is 19.4 Å². The predicted molar refractivity (Wildman–Crippen MR) is 61.0 cm³/mol. The maximum atomic E-state index is 12.4. The van der Waals surface area contributed by atoms with E-state index < -0.39 is 5.54 Å². The number of hydrogen-bond acceptors (Lipinski definition) is 3. The summed E-state index contributed by atoms with van der Waals surface area (Å²) in [5.41, 5.74) is -0.548. The molecule has 0 unspecified atom stereocenters. The summed E-state index contributed by atoms with van der Waals surface area (Å²) in [6.07, 6.45) is 5.23. The SMILES string of the molecule is CC(C)(C(=O)N1CCNCC1)n1ccnc1. The normalized spacial score (nSPS) is 17.5. The lowest BCUT2D eigenvalue weighted by Crippen LogP contribution is -2.53. The first-order valence-corrected chi connectivity index (χ1v) is 5.61. The second-order valence-corrected chi connectivity index (χ2v) is 4.57. The smallest absolute Gasteiger partial charge is 0.248 e. The van der Waals surface area contributed by atoms with Gasteiger partial charge in [0, 0.05) is 38.6 Å². The molecule has 16 heavy (non-hydrogen) atoms. The Hall–Kier alpha value is -1.36. The third-order valence-corrected chi connectivity index (χ3v) is 3.08. The van der Waals surface area contributed by atoms with Crippen molar-refractivity contribution in [3.8, 4) is 0 Å². The van der Waals surface area contributed by atoms with Crippen molar-refractivity contribution in [1.29, 1.82) is 0 Å². The van der Waals surface area contributed by atoms with Gasteiger partial charge >= 0.3 is 0 Å². The van der Waals surface area contributed by atoms with Crippen LogP contribution in [0.3, 0.4) is 0 Å². The summed E-state index contributed by atoms with van der Waals surface area (Å²) in [4.78, 5) is 18.3. The zero-order chi connectivity index (χ0) is 11.6. The number of rotatable bonds is 2. The van der Waals surface area contributed by atoms with Gasteiger partial charge in [0.1, 0.15) is 5.54 Å². The number of imidazole rings is 1. The Morgan fingerprint density at radius 1 is 1.38 bits per heavy atom. The summed E-state index contributed by atoms with van der Waals surface area (Å²) in [5.74, 6) is 0.159. The molecule has 5 heteroatoms. The molecule has 5 nitrogen and oxygen atoms in total. The van der Waals surface area contributed by atoms with Crippen LogP contribution in [0.25, 0.3) is 0 Å². The lowest BCUT2D eigenvalue weighted by atomic mass is 10.0. The van der Waals surface area contributed by atoms with E-state index in [0.29, 0.717) is 0 Å². The van der Waals surface area contributed by atoms with E-state index in [1.165, 1.54) is 0 Å². The van der Waals surface area contributed by atoms with Crippen LogP contribution in [-0.2, 0) is 10.3 Å². The molecule has 2 rings (SSSR count). The molecule has 88 valence electrons. The van der Waals surface area contributed by atoms with E-state index in [-0.39, 0.29) is 5.91 Å². The number of nitrogens with zero attached hydrogens (tertiary/aromatic N) is 3. The van der Waals surface area contributed by atoms with Crippen molar-refractivity contribution in [3.63, 3.8) is 0 Å². The first-order valence-electron chi connectivity index (χ1n) is 5.61. The molecule has 1 aliphatic rings. The van der Waals surface area contributed by atoms with Crippen molar-refractivity contribution >= 4 is 5.91 Å². The first kappa shape index (κ1) is 11.1. The number of hydrogen-bond donors (Lipinski definition) is 1. The molecule has 1 saturated heterocycles. The van der Waals surface area contributed by atoms with Crippen LogP contribution in [0.15, 0.2) is 18.7 Å². The fourth-order valence-electron chi connectivity index (χ4n) is 1.96. The molecule has 1 aliphatic heterocycles. The quantitative estimate of drug-likeness (QED) is 0.769. The van der Waals surface area contributed by atoms with Crippen LogP contribution in [-0.4, -0.2) is 46.5 Å². The molecule has 0 aromatic carbocycles. The van der Waals surface area contributed by atoms with E-state index in [0.717, 1.165) is 26.2 Å². The molecule has 1 aromatic rings. The summed E-state index contributed by atoms with van der Waals surface area (Å²) in [6.45, 7) is 7.20. The molecule has 0 radical (unpaired) electrons. The van der Waals surface area contributed by atoms with Gasteiger partial charge in [0.25, 0.3) is 0 Å². The van der Waals surface area contributed by atoms with Gasteiger partial charge in [0.15, 0.2) is 0 Å². The first-order chi connectivity index (χ1) is 7.62. The van der Waals surface area contributed by atoms with Crippen molar-refractivity contribution in [3.05, 3.63) is 18.7 Å². The molecular weight excluding hydrogens is 204 g/mol. The van der Waals surface area contributed by atoms with Crippen LogP contribution in [0.2, 0.25) is 0 Å². The second kappa shape index (κ2) is 4.25. The Balaban J connectivity index is 2.13. The van der Waals surface area contributed by atoms with Gasteiger partial charge < -0.3 is 14.8 Å². The molecule has 1 aromatic heterocycles. The minimum atomic E-state index is -0.548. The van der Waals surface area contributed by atoms with E-state index >= 15 is 0 Å². The molecule has 1 amide bonds. The average Bonchev–Trinajstić information content (AvgIpc) is 2.83. The van der Waals surface area contributed by atoms with E-state index in [4.69, 9.17) is 0 Å². The van der Waals surface area contributed by atoms with E-state index in [1.807, 2.05) is 29.5 Å². The molecule has 0 atom stereocenters. The fourth-order valence-corrected chi connectivity index (χ4v) is 1.96. The van der Waals surface area contributed by atoms with Gasteiger partial charge in [-0.2, -0.15) is 0 Å². The van der Waals surface area contributed by atoms with E-state index in [2.05, 4.69) is 10.3 Å². The second-order valence-electron chi connectivity index (χ2n) is 4.57. The van der Waals surface area contributed by atoms with E-state index in [9.17, 15) is 4.79 Å². The third kappa shape index (κ3) is 1.95. The summed E-state index contributed by atoms with van der Waals surface area (Å²) in [6, 6.07) is 0. The van der Waals surface area contributed by atoms with Gasteiger partial charge in [0.2, 0.25) is 5.91 Å². The van der Waals surface area contributed by atoms with E-state index in [1.54, 1.807) is 12.5 Å². The van der Waals surface area contributed by atoms with Crippen molar-refractivity contribution in [2.24, 2.45) is 0 Å². The number of piperazine rings is 1. The number of carbonyl (C=O) groups excluding carboxylic acids is 1. The largest absolute Gasteiger partial charge is 0.338 e. The summed E-state index contributed by atoms with van der Waals surface area (Å²) in [5, 5.41) is 3.24. The molecule has 2 heterocycles. The van der Waals surface area contributed by atoms with Gasteiger partial charge in [0.05, 0.1) is 6.33 Å². The molecule has 0 spiro atoms. The van der Waals surface area contributed by atoms with Crippen LogP contribution in [0.1, 0.15) is 13.8 Å².